The molecule has 0 spiro atoms. The first kappa shape index (κ1) is 27.4. The summed E-state index contributed by atoms with van der Waals surface area (Å²) in [5, 5.41) is 5.94. The number of amides is 1. The number of rotatable bonds is 8. The number of hydrogen-bond donors (Lipinski definition) is 3. The summed E-state index contributed by atoms with van der Waals surface area (Å²) in [6.45, 7) is 3.16. The van der Waals surface area contributed by atoms with E-state index < -0.39 is 23.2 Å². The van der Waals surface area contributed by atoms with Crippen molar-refractivity contribution in [2.24, 2.45) is 0 Å². The number of nitrogens with two attached hydrogens (primary N) is 1. The highest BCUT2D eigenvalue weighted by Crippen LogP contribution is 2.38. The summed E-state index contributed by atoms with van der Waals surface area (Å²) in [5.74, 6) is -1.96. The normalized spacial score (nSPS) is 13.3. The van der Waals surface area contributed by atoms with E-state index in [1.807, 2.05) is 12.1 Å². The second-order valence-corrected chi connectivity index (χ2v) is 11.0. The Morgan fingerprint density at radius 2 is 1.71 bits per heavy atom. The topological polar surface area (TPSA) is 109 Å². The van der Waals surface area contributed by atoms with Gasteiger partial charge in [0.25, 0.3) is 5.91 Å². The van der Waals surface area contributed by atoms with Crippen LogP contribution in [0.5, 0.6) is 0 Å². The molecule has 1 amide bonds. The van der Waals surface area contributed by atoms with Crippen LogP contribution in [0.4, 0.5) is 31.2 Å². The predicted molar refractivity (Wildman–Crippen MR) is 162 cm³/mol. The molecule has 1 saturated heterocycles. The molecule has 1 aliphatic rings. The minimum Gasteiger partial charge on any atom is -0.375 e. The average Bonchev–Trinajstić information content (AvgIpc) is 3.65. The summed E-state index contributed by atoms with van der Waals surface area (Å²) in [6.07, 6.45) is 4.15. The second-order valence-electron chi connectivity index (χ2n) is 9.94. The van der Waals surface area contributed by atoms with E-state index in [0.717, 1.165) is 37.5 Å². The van der Waals surface area contributed by atoms with Gasteiger partial charge >= 0.3 is 0 Å². The minimum atomic E-state index is -0.861. The summed E-state index contributed by atoms with van der Waals surface area (Å²) in [7, 11) is 0. The van der Waals surface area contributed by atoms with E-state index in [9.17, 15) is 13.6 Å². The SMILES string of the molecule is Nc1nc(-c2cccc(C(=O)Nc3c(F)cccc3F)c2)c(-c2ccnc(Nc3cccc(CN4CCCC4)c3)n2)s1. The number of likely N-dealkylation sites (tertiary alicyclic amines) is 1. The van der Waals surface area contributed by atoms with E-state index in [2.05, 4.69) is 37.6 Å². The summed E-state index contributed by atoms with van der Waals surface area (Å²) in [6, 6.07) is 20.0. The molecule has 3 heterocycles. The Morgan fingerprint density at radius 1 is 0.952 bits per heavy atom. The molecule has 212 valence electrons. The molecular weight excluding hydrogens is 556 g/mol. The molecule has 4 N–H and O–H groups in total. The summed E-state index contributed by atoms with van der Waals surface area (Å²) < 4.78 is 28.2. The van der Waals surface area contributed by atoms with Gasteiger partial charge in [-0.25, -0.2) is 23.7 Å². The first-order chi connectivity index (χ1) is 20.4. The zero-order valence-corrected chi connectivity index (χ0v) is 23.3. The smallest absolute Gasteiger partial charge is 0.255 e. The molecule has 11 heteroatoms. The van der Waals surface area contributed by atoms with Gasteiger partial charge in [-0.3, -0.25) is 9.69 Å². The number of carbonyl (C=O) groups excluding carboxylic acids is 1. The molecule has 8 nitrogen and oxygen atoms in total. The van der Waals surface area contributed by atoms with Crippen molar-refractivity contribution in [3.05, 3.63) is 102 Å². The van der Waals surface area contributed by atoms with Crippen LogP contribution in [-0.2, 0) is 6.54 Å². The lowest BCUT2D eigenvalue weighted by Crippen LogP contribution is -2.18. The molecule has 1 aliphatic heterocycles. The van der Waals surface area contributed by atoms with Crippen LogP contribution in [0, 0.1) is 11.6 Å². The van der Waals surface area contributed by atoms with E-state index in [1.54, 1.807) is 36.5 Å². The van der Waals surface area contributed by atoms with Gasteiger partial charge in [-0.05, 0) is 74.0 Å². The van der Waals surface area contributed by atoms with Crippen LogP contribution in [-0.4, -0.2) is 38.8 Å². The minimum absolute atomic E-state index is 0.200. The van der Waals surface area contributed by atoms with Crippen molar-refractivity contribution in [1.82, 2.24) is 19.9 Å². The quantitative estimate of drug-likeness (QED) is 0.186. The number of anilines is 4. The van der Waals surface area contributed by atoms with Gasteiger partial charge < -0.3 is 16.4 Å². The summed E-state index contributed by atoms with van der Waals surface area (Å²) in [4.78, 5) is 29.6. The summed E-state index contributed by atoms with van der Waals surface area (Å²) >= 11 is 1.26. The van der Waals surface area contributed by atoms with Crippen LogP contribution in [0.2, 0.25) is 0 Å². The van der Waals surface area contributed by atoms with Gasteiger partial charge in [0.15, 0.2) is 5.13 Å². The van der Waals surface area contributed by atoms with Gasteiger partial charge in [0.2, 0.25) is 5.95 Å². The van der Waals surface area contributed by atoms with Crippen molar-refractivity contribution in [3.8, 4) is 21.8 Å². The third kappa shape index (κ3) is 6.12. The van der Waals surface area contributed by atoms with Crippen LogP contribution in [0.1, 0.15) is 28.8 Å². The van der Waals surface area contributed by atoms with E-state index in [4.69, 9.17) is 10.7 Å². The number of nitrogens with zero attached hydrogens (tertiary/aromatic N) is 4. The van der Waals surface area contributed by atoms with Crippen LogP contribution < -0.4 is 16.4 Å². The monoisotopic (exact) mass is 583 g/mol. The maximum atomic E-state index is 14.1. The van der Waals surface area contributed by atoms with E-state index in [1.165, 1.54) is 35.8 Å². The highest BCUT2D eigenvalue weighted by atomic mass is 32.1. The third-order valence-electron chi connectivity index (χ3n) is 6.92. The Kier molecular flexibility index (Phi) is 7.85. The van der Waals surface area contributed by atoms with Crippen LogP contribution in [0.3, 0.4) is 0 Å². The lowest BCUT2D eigenvalue weighted by atomic mass is 10.1. The lowest BCUT2D eigenvalue weighted by Gasteiger charge is -2.15. The largest absolute Gasteiger partial charge is 0.375 e. The predicted octanol–water partition coefficient (Wildman–Crippen LogP) is 6.72. The van der Waals surface area contributed by atoms with E-state index in [-0.39, 0.29) is 5.56 Å². The Bertz CT molecular complexity index is 1730. The number of halogens is 2. The second kappa shape index (κ2) is 12.0. The maximum Gasteiger partial charge on any atom is 0.255 e. The highest BCUT2D eigenvalue weighted by molar-refractivity contribution is 7.19. The maximum absolute atomic E-state index is 14.1. The van der Waals surface area contributed by atoms with Crippen LogP contribution in [0.25, 0.3) is 21.8 Å². The van der Waals surface area contributed by atoms with E-state index in [0.29, 0.717) is 32.9 Å². The standard InChI is InChI=1S/C31H27F2N7OS/c32-23-10-5-11-24(33)27(23)38-29(41)21-8-4-7-20(17-21)26-28(42-30(34)39-26)25-12-13-35-31(37-25)36-22-9-3-6-19(16-22)18-40-14-1-2-15-40/h3-13,16-17H,1-2,14-15,18H2,(H2,34,39)(H,38,41)(H,35,36,37). The first-order valence-electron chi connectivity index (χ1n) is 13.5. The van der Waals surface area contributed by atoms with Gasteiger partial charge in [0.05, 0.1) is 16.3 Å². The van der Waals surface area contributed by atoms with Crippen molar-refractivity contribution < 1.29 is 13.6 Å². The fraction of sp³-hybridized carbons (Fsp3) is 0.161. The van der Waals surface area contributed by atoms with Gasteiger partial charge in [-0.15, -0.1) is 0 Å². The third-order valence-corrected chi connectivity index (χ3v) is 7.83. The number of aromatic nitrogens is 3. The van der Waals surface area contributed by atoms with Crippen molar-refractivity contribution in [1.29, 1.82) is 0 Å². The molecule has 0 aliphatic carbocycles. The fourth-order valence-electron chi connectivity index (χ4n) is 4.94. The number of hydrogen-bond acceptors (Lipinski definition) is 8. The van der Waals surface area contributed by atoms with Gasteiger partial charge in [-0.2, -0.15) is 0 Å². The van der Waals surface area contributed by atoms with E-state index >= 15 is 0 Å². The lowest BCUT2D eigenvalue weighted by molar-refractivity contribution is 0.102. The molecule has 1 fully saturated rings. The Labute approximate surface area is 245 Å². The van der Waals surface area contributed by atoms with Crippen LogP contribution in [0.15, 0.2) is 79.0 Å². The molecule has 3 aromatic carbocycles. The Balaban J connectivity index is 1.24. The molecule has 5 aromatic rings. The number of benzene rings is 3. The average molecular weight is 584 g/mol. The molecule has 0 atom stereocenters. The summed E-state index contributed by atoms with van der Waals surface area (Å²) in [5.41, 5.74) is 9.65. The Morgan fingerprint density at radius 3 is 2.52 bits per heavy atom. The van der Waals surface area contributed by atoms with Crippen molar-refractivity contribution >= 4 is 39.7 Å². The molecule has 0 radical (unpaired) electrons. The van der Waals surface area contributed by atoms with Crippen molar-refractivity contribution in [2.45, 2.75) is 19.4 Å². The molecule has 0 unspecified atom stereocenters. The van der Waals surface area contributed by atoms with Gasteiger partial charge in [-0.1, -0.05) is 41.7 Å². The highest BCUT2D eigenvalue weighted by Gasteiger charge is 2.19. The first-order valence-corrected chi connectivity index (χ1v) is 14.3. The molecular formula is C31H27F2N7OS. The number of para-hydroxylation sites is 1. The van der Waals surface area contributed by atoms with Gasteiger partial charge in [0, 0.05) is 29.6 Å². The zero-order chi connectivity index (χ0) is 29.1. The number of nitrogen functional groups attached to an aromatic ring is 1. The van der Waals surface area contributed by atoms with Crippen molar-refractivity contribution in [3.63, 3.8) is 0 Å². The van der Waals surface area contributed by atoms with Crippen molar-refractivity contribution in [2.75, 3.05) is 29.5 Å². The number of carbonyl (C=O) groups is 1. The molecule has 0 saturated carbocycles. The zero-order valence-electron chi connectivity index (χ0n) is 22.5. The molecule has 2 aromatic heterocycles. The molecule has 6 rings (SSSR count). The molecule has 42 heavy (non-hydrogen) atoms. The number of nitrogens with one attached hydrogen (secondary N) is 2. The number of thiazole rings is 1. The van der Waals surface area contributed by atoms with Gasteiger partial charge in [0.1, 0.15) is 17.3 Å². The molecule has 0 bridgehead atoms. The Hall–Kier alpha value is -4.74. The van der Waals surface area contributed by atoms with Crippen LogP contribution >= 0.6 is 11.3 Å². The fourth-order valence-corrected chi connectivity index (χ4v) is 5.76.